The highest BCUT2D eigenvalue weighted by Crippen LogP contribution is 2.22. The van der Waals surface area contributed by atoms with E-state index in [2.05, 4.69) is 17.1 Å². The molecule has 0 radical (unpaired) electrons. The number of carbonyl (C=O) groups is 1. The van der Waals surface area contributed by atoms with Gasteiger partial charge in [-0.25, -0.2) is 9.78 Å². The van der Waals surface area contributed by atoms with Crippen LogP contribution < -0.4 is 4.74 Å². The van der Waals surface area contributed by atoms with Gasteiger partial charge in [-0.1, -0.05) is 54.6 Å². The fourth-order valence-electron chi connectivity index (χ4n) is 4.21. The molecule has 38 heavy (non-hydrogen) atoms. The zero-order chi connectivity index (χ0) is 26.2. The average Bonchev–Trinajstić information content (AvgIpc) is 2.95. The number of para-hydroxylation sites is 1. The molecule has 1 N–H and O–H groups in total. The van der Waals surface area contributed by atoms with Crippen molar-refractivity contribution in [3.05, 3.63) is 114 Å². The second-order valence-electron chi connectivity index (χ2n) is 9.12. The van der Waals surface area contributed by atoms with Crippen molar-refractivity contribution in [1.29, 1.82) is 0 Å². The number of unbranched alkanes of at least 4 members (excludes halogenated alkanes) is 2. The lowest BCUT2D eigenvalue weighted by Crippen LogP contribution is -2.07. The molecule has 1 aromatic heterocycles. The summed E-state index contributed by atoms with van der Waals surface area (Å²) in [4.78, 5) is 17.0. The quantitative estimate of drug-likeness (QED) is 0.156. The molecule has 0 bridgehead atoms. The number of pyridine rings is 1. The average molecular weight is 504 g/mol. The molecule has 0 aliphatic carbocycles. The van der Waals surface area contributed by atoms with Crippen molar-refractivity contribution < 1.29 is 19.4 Å². The van der Waals surface area contributed by atoms with Gasteiger partial charge < -0.3 is 14.6 Å². The first-order chi connectivity index (χ1) is 18.6. The standard InChI is InChI=1S/C33H29NO4/c35-30-17-14-26-22-28(12-11-27(26)23-30)33(36)38-21-5-1-4-20-37-31-18-9-24(10-19-31)8-15-29-16-13-25-6-2-3-7-32(25)34-29/h2-3,6-19,22-23,35H,1,4-5,20-21H2/b15-8+. The largest absolute Gasteiger partial charge is 0.508 e. The fourth-order valence-corrected chi connectivity index (χ4v) is 4.21. The minimum absolute atomic E-state index is 0.205. The molecule has 5 aromatic rings. The van der Waals surface area contributed by atoms with Crippen LogP contribution in [-0.2, 0) is 4.74 Å². The summed E-state index contributed by atoms with van der Waals surface area (Å²) < 4.78 is 11.3. The Labute approximate surface area is 222 Å². The molecule has 5 heteroatoms. The second-order valence-corrected chi connectivity index (χ2v) is 9.12. The Morgan fingerprint density at radius 3 is 2.39 bits per heavy atom. The van der Waals surface area contributed by atoms with Crippen LogP contribution in [0.5, 0.6) is 11.5 Å². The lowest BCUT2D eigenvalue weighted by molar-refractivity contribution is 0.0497. The van der Waals surface area contributed by atoms with Crippen LogP contribution in [0.3, 0.4) is 0 Å². The van der Waals surface area contributed by atoms with Crippen molar-refractivity contribution in [2.45, 2.75) is 19.3 Å². The molecule has 190 valence electrons. The van der Waals surface area contributed by atoms with Gasteiger partial charge in [0, 0.05) is 5.39 Å². The van der Waals surface area contributed by atoms with E-state index in [1.165, 1.54) is 0 Å². The van der Waals surface area contributed by atoms with Crippen LogP contribution in [0.4, 0.5) is 0 Å². The highest BCUT2D eigenvalue weighted by Gasteiger charge is 2.08. The van der Waals surface area contributed by atoms with E-state index in [1.807, 2.05) is 66.7 Å². The van der Waals surface area contributed by atoms with Gasteiger partial charge in [-0.3, -0.25) is 0 Å². The number of hydrogen-bond donors (Lipinski definition) is 1. The first-order valence-corrected chi connectivity index (χ1v) is 12.8. The topological polar surface area (TPSA) is 68.7 Å². The Morgan fingerprint density at radius 1 is 0.737 bits per heavy atom. The van der Waals surface area contributed by atoms with Crippen LogP contribution in [0, 0.1) is 0 Å². The molecular weight excluding hydrogens is 474 g/mol. The van der Waals surface area contributed by atoms with Gasteiger partial charge in [-0.05, 0) is 90.2 Å². The molecule has 0 fully saturated rings. The maximum absolute atomic E-state index is 12.3. The van der Waals surface area contributed by atoms with E-state index in [-0.39, 0.29) is 11.7 Å². The summed E-state index contributed by atoms with van der Waals surface area (Å²) in [5, 5.41) is 12.5. The van der Waals surface area contributed by atoms with Gasteiger partial charge >= 0.3 is 5.97 Å². The molecule has 0 atom stereocenters. The number of carbonyl (C=O) groups excluding carboxylic acids is 1. The van der Waals surface area contributed by atoms with E-state index in [0.717, 1.165) is 57.9 Å². The summed E-state index contributed by atoms with van der Waals surface area (Å²) in [5.41, 5.74) is 3.51. The first-order valence-electron chi connectivity index (χ1n) is 12.8. The Hall–Kier alpha value is -4.64. The third kappa shape index (κ3) is 6.56. The summed E-state index contributed by atoms with van der Waals surface area (Å²) in [7, 11) is 0. The van der Waals surface area contributed by atoms with Crippen LogP contribution in [-0.4, -0.2) is 29.3 Å². The SMILES string of the molecule is O=C(OCCCCCOc1ccc(/C=C/c2ccc3ccccc3n2)cc1)c1ccc2cc(O)ccc2c1. The lowest BCUT2D eigenvalue weighted by atomic mass is 10.1. The van der Waals surface area contributed by atoms with Crippen LogP contribution >= 0.6 is 0 Å². The number of rotatable bonds is 10. The van der Waals surface area contributed by atoms with Crippen LogP contribution in [0.1, 0.15) is 40.9 Å². The Bertz CT molecular complexity index is 1570. The highest BCUT2D eigenvalue weighted by molar-refractivity contribution is 5.95. The predicted molar refractivity (Wildman–Crippen MR) is 152 cm³/mol. The van der Waals surface area contributed by atoms with Crippen molar-refractivity contribution in [3.8, 4) is 11.5 Å². The minimum atomic E-state index is -0.332. The van der Waals surface area contributed by atoms with E-state index in [4.69, 9.17) is 9.47 Å². The zero-order valence-electron chi connectivity index (χ0n) is 21.0. The summed E-state index contributed by atoms with van der Waals surface area (Å²) in [6.45, 7) is 0.987. The predicted octanol–water partition coefficient (Wildman–Crippen LogP) is 7.67. The third-order valence-electron chi connectivity index (χ3n) is 6.30. The normalized spacial score (nSPS) is 11.3. The van der Waals surface area contributed by atoms with E-state index < -0.39 is 0 Å². The Balaban J connectivity index is 0.999. The van der Waals surface area contributed by atoms with Crippen LogP contribution in [0.2, 0.25) is 0 Å². The summed E-state index contributed by atoms with van der Waals surface area (Å²) in [6.07, 6.45) is 6.63. The highest BCUT2D eigenvalue weighted by atomic mass is 16.5. The van der Waals surface area contributed by atoms with Gasteiger partial charge in [0.15, 0.2) is 0 Å². The molecule has 0 saturated carbocycles. The molecule has 0 amide bonds. The van der Waals surface area contributed by atoms with E-state index >= 15 is 0 Å². The van der Waals surface area contributed by atoms with E-state index in [0.29, 0.717) is 18.8 Å². The summed E-state index contributed by atoms with van der Waals surface area (Å²) in [6, 6.07) is 30.6. The molecule has 4 aromatic carbocycles. The summed E-state index contributed by atoms with van der Waals surface area (Å²) >= 11 is 0. The molecule has 0 unspecified atom stereocenters. The third-order valence-corrected chi connectivity index (χ3v) is 6.30. The minimum Gasteiger partial charge on any atom is -0.508 e. The van der Waals surface area contributed by atoms with Crippen molar-refractivity contribution in [3.63, 3.8) is 0 Å². The number of fused-ring (bicyclic) bond motifs is 2. The molecule has 0 aliphatic rings. The number of esters is 1. The van der Waals surface area contributed by atoms with Gasteiger partial charge in [0.1, 0.15) is 11.5 Å². The second kappa shape index (κ2) is 12.1. The number of benzene rings is 4. The van der Waals surface area contributed by atoms with E-state index in [1.54, 1.807) is 30.3 Å². The summed E-state index contributed by atoms with van der Waals surface area (Å²) in [5.74, 6) is 0.709. The van der Waals surface area contributed by atoms with Gasteiger partial charge in [0.2, 0.25) is 0 Å². The van der Waals surface area contributed by atoms with Crippen LogP contribution in [0.15, 0.2) is 97.1 Å². The van der Waals surface area contributed by atoms with Crippen molar-refractivity contribution in [2.75, 3.05) is 13.2 Å². The fraction of sp³-hybridized carbons (Fsp3) is 0.152. The van der Waals surface area contributed by atoms with Gasteiger partial charge in [0.25, 0.3) is 0 Å². The molecule has 0 spiro atoms. The number of hydrogen-bond acceptors (Lipinski definition) is 5. The monoisotopic (exact) mass is 503 g/mol. The number of aromatic nitrogens is 1. The Morgan fingerprint density at radius 2 is 1.50 bits per heavy atom. The number of phenols is 1. The van der Waals surface area contributed by atoms with Crippen molar-refractivity contribution in [1.82, 2.24) is 4.98 Å². The maximum Gasteiger partial charge on any atom is 0.338 e. The first kappa shape index (κ1) is 25.0. The molecule has 5 nitrogen and oxygen atoms in total. The number of ether oxygens (including phenoxy) is 2. The molecule has 1 heterocycles. The van der Waals surface area contributed by atoms with Crippen molar-refractivity contribution >= 4 is 39.8 Å². The van der Waals surface area contributed by atoms with Gasteiger partial charge in [-0.15, -0.1) is 0 Å². The van der Waals surface area contributed by atoms with Gasteiger partial charge in [-0.2, -0.15) is 0 Å². The molecule has 0 aliphatic heterocycles. The Kier molecular flexibility index (Phi) is 7.95. The van der Waals surface area contributed by atoms with E-state index in [9.17, 15) is 9.90 Å². The zero-order valence-corrected chi connectivity index (χ0v) is 21.0. The lowest BCUT2D eigenvalue weighted by Gasteiger charge is -2.08. The number of phenolic OH excluding ortho intramolecular Hbond substituents is 1. The molecule has 0 saturated heterocycles. The smallest absolute Gasteiger partial charge is 0.338 e. The van der Waals surface area contributed by atoms with Crippen LogP contribution in [0.25, 0.3) is 33.8 Å². The van der Waals surface area contributed by atoms with Crippen molar-refractivity contribution in [2.24, 2.45) is 0 Å². The maximum atomic E-state index is 12.3. The number of nitrogens with zero attached hydrogens (tertiary/aromatic N) is 1. The van der Waals surface area contributed by atoms with Gasteiger partial charge in [0.05, 0.1) is 30.0 Å². The molecular formula is C33H29NO4. The molecule has 5 rings (SSSR count). The number of aromatic hydroxyl groups is 1.